The molecular weight excluding hydrogens is 218 g/mol. The Hall–Kier alpha value is -0.610. The second kappa shape index (κ2) is 8.48. The Kier molecular flexibility index (Phi) is 7.21. The van der Waals surface area contributed by atoms with Gasteiger partial charge in [-0.15, -0.1) is 0 Å². The van der Waals surface area contributed by atoms with Crippen LogP contribution >= 0.6 is 0 Å². The highest BCUT2D eigenvalue weighted by molar-refractivity contribution is 5.75. The number of carbonyl (C=O) groups excluding carboxylic acids is 1. The van der Waals surface area contributed by atoms with E-state index in [2.05, 4.69) is 12.2 Å². The zero-order valence-electron chi connectivity index (χ0n) is 11.0. The highest BCUT2D eigenvalue weighted by Crippen LogP contribution is 2.11. The molecule has 1 aliphatic rings. The van der Waals surface area contributed by atoms with Gasteiger partial charge in [0.1, 0.15) is 6.04 Å². The number of nitrogens with one attached hydrogen (secondary N) is 1. The molecule has 1 fully saturated rings. The lowest BCUT2D eigenvalue weighted by molar-refractivity contribution is -0.146. The van der Waals surface area contributed by atoms with Crippen molar-refractivity contribution in [3.8, 4) is 0 Å². The molecule has 1 rings (SSSR count). The molecule has 2 unspecified atom stereocenters. The third-order valence-electron chi connectivity index (χ3n) is 3.03. The lowest BCUT2D eigenvalue weighted by Crippen LogP contribution is -2.41. The van der Waals surface area contributed by atoms with Crippen LogP contribution in [0.25, 0.3) is 0 Å². The predicted octanol–water partition coefficient (Wildman–Crippen LogP) is 1.88. The molecule has 100 valence electrons. The molecule has 1 N–H and O–H groups in total. The molecule has 4 nitrogen and oxygen atoms in total. The smallest absolute Gasteiger partial charge is 0.323 e. The first kappa shape index (κ1) is 14.5. The van der Waals surface area contributed by atoms with Gasteiger partial charge in [0.2, 0.25) is 0 Å². The van der Waals surface area contributed by atoms with E-state index in [1.807, 2.05) is 6.92 Å². The quantitative estimate of drug-likeness (QED) is 0.661. The number of rotatable bonds is 8. The van der Waals surface area contributed by atoms with E-state index in [9.17, 15) is 4.79 Å². The van der Waals surface area contributed by atoms with Crippen LogP contribution in [0, 0.1) is 0 Å². The zero-order chi connectivity index (χ0) is 12.5. The molecule has 1 aliphatic heterocycles. The lowest BCUT2D eigenvalue weighted by atomic mass is 10.1. The maximum Gasteiger partial charge on any atom is 0.323 e. The fraction of sp³-hybridized carbons (Fsp3) is 0.923. The lowest BCUT2D eigenvalue weighted by Gasteiger charge is -2.19. The third-order valence-corrected chi connectivity index (χ3v) is 3.03. The van der Waals surface area contributed by atoms with Gasteiger partial charge in [-0.25, -0.2) is 0 Å². The Morgan fingerprint density at radius 3 is 2.94 bits per heavy atom. The molecule has 0 spiro atoms. The number of unbranched alkanes of at least 4 members (excludes halogenated alkanes) is 1. The van der Waals surface area contributed by atoms with Crippen molar-refractivity contribution < 1.29 is 14.3 Å². The molecule has 0 aromatic carbocycles. The minimum Gasteiger partial charge on any atom is -0.465 e. The largest absolute Gasteiger partial charge is 0.465 e. The van der Waals surface area contributed by atoms with Crippen LogP contribution in [0.3, 0.4) is 0 Å². The average Bonchev–Trinajstić information content (AvgIpc) is 2.82. The summed E-state index contributed by atoms with van der Waals surface area (Å²) in [7, 11) is 0. The topological polar surface area (TPSA) is 47.6 Å². The van der Waals surface area contributed by atoms with E-state index in [4.69, 9.17) is 9.47 Å². The maximum atomic E-state index is 11.7. The predicted molar refractivity (Wildman–Crippen MR) is 66.9 cm³/mol. The van der Waals surface area contributed by atoms with Crippen molar-refractivity contribution in [1.82, 2.24) is 5.32 Å². The molecular formula is C13H25NO3. The van der Waals surface area contributed by atoms with Gasteiger partial charge in [-0.1, -0.05) is 19.8 Å². The molecule has 0 aliphatic carbocycles. The van der Waals surface area contributed by atoms with E-state index in [0.717, 1.165) is 45.3 Å². The molecule has 1 saturated heterocycles. The van der Waals surface area contributed by atoms with Gasteiger partial charge in [0.05, 0.1) is 12.7 Å². The second-order valence-electron chi connectivity index (χ2n) is 4.49. The van der Waals surface area contributed by atoms with Crippen molar-refractivity contribution in [3.05, 3.63) is 0 Å². The van der Waals surface area contributed by atoms with Crippen molar-refractivity contribution in [3.63, 3.8) is 0 Å². The summed E-state index contributed by atoms with van der Waals surface area (Å²) in [4.78, 5) is 11.7. The molecule has 2 atom stereocenters. The van der Waals surface area contributed by atoms with Crippen LogP contribution in [0.1, 0.15) is 46.0 Å². The number of hydrogen-bond donors (Lipinski definition) is 1. The highest BCUT2D eigenvalue weighted by Gasteiger charge is 2.22. The van der Waals surface area contributed by atoms with Gasteiger partial charge < -0.3 is 14.8 Å². The molecule has 4 heteroatoms. The Morgan fingerprint density at radius 2 is 2.35 bits per heavy atom. The molecule has 0 saturated carbocycles. The molecule has 0 radical (unpaired) electrons. The fourth-order valence-corrected chi connectivity index (χ4v) is 2.03. The van der Waals surface area contributed by atoms with E-state index in [-0.39, 0.29) is 18.1 Å². The number of carbonyl (C=O) groups is 1. The Labute approximate surface area is 104 Å². The van der Waals surface area contributed by atoms with Crippen molar-refractivity contribution >= 4 is 5.97 Å². The first-order chi connectivity index (χ1) is 8.27. The molecule has 17 heavy (non-hydrogen) atoms. The molecule has 0 bridgehead atoms. The van der Waals surface area contributed by atoms with E-state index in [0.29, 0.717) is 6.61 Å². The van der Waals surface area contributed by atoms with Gasteiger partial charge in [0.15, 0.2) is 0 Å². The van der Waals surface area contributed by atoms with Crippen LogP contribution in [-0.2, 0) is 14.3 Å². The third kappa shape index (κ3) is 5.50. The van der Waals surface area contributed by atoms with Gasteiger partial charge in [-0.05, 0) is 26.2 Å². The molecule has 1 heterocycles. The summed E-state index contributed by atoms with van der Waals surface area (Å²) in [5, 5.41) is 3.28. The van der Waals surface area contributed by atoms with Crippen molar-refractivity contribution in [2.24, 2.45) is 0 Å². The normalized spacial score (nSPS) is 21.4. The second-order valence-corrected chi connectivity index (χ2v) is 4.49. The van der Waals surface area contributed by atoms with Gasteiger partial charge in [-0.2, -0.15) is 0 Å². The summed E-state index contributed by atoms with van der Waals surface area (Å²) in [5.74, 6) is -0.126. The first-order valence-corrected chi connectivity index (χ1v) is 6.79. The number of ether oxygens (including phenoxy) is 2. The van der Waals surface area contributed by atoms with E-state index < -0.39 is 0 Å². The fourth-order valence-electron chi connectivity index (χ4n) is 2.03. The van der Waals surface area contributed by atoms with Crippen LogP contribution < -0.4 is 5.32 Å². The highest BCUT2D eigenvalue weighted by atomic mass is 16.5. The SMILES string of the molecule is CCCCC(NCC1CCCO1)C(=O)OCC. The monoisotopic (exact) mass is 243 g/mol. The standard InChI is InChI=1S/C13H25NO3/c1-3-5-8-12(13(15)16-4-2)14-10-11-7-6-9-17-11/h11-12,14H,3-10H2,1-2H3. The average molecular weight is 243 g/mol. The van der Waals surface area contributed by atoms with Crippen molar-refractivity contribution in [1.29, 1.82) is 0 Å². The van der Waals surface area contributed by atoms with Crippen LogP contribution in [0.5, 0.6) is 0 Å². The van der Waals surface area contributed by atoms with Gasteiger partial charge >= 0.3 is 5.97 Å². The Bertz CT molecular complexity index is 215. The zero-order valence-corrected chi connectivity index (χ0v) is 11.0. The van der Waals surface area contributed by atoms with E-state index in [1.54, 1.807) is 0 Å². The summed E-state index contributed by atoms with van der Waals surface area (Å²) in [6.45, 7) is 6.03. The van der Waals surface area contributed by atoms with E-state index in [1.165, 1.54) is 0 Å². The first-order valence-electron chi connectivity index (χ1n) is 6.79. The van der Waals surface area contributed by atoms with Gasteiger partial charge in [-0.3, -0.25) is 4.79 Å². The minimum absolute atomic E-state index is 0.126. The Morgan fingerprint density at radius 1 is 1.53 bits per heavy atom. The maximum absolute atomic E-state index is 11.7. The summed E-state index contributed by atoms with van der Waals surface area (Å²) in [6.07, 6.45) is 5.48. The minimum atomic E-state index is -0.168. The summed E-state index contributed by atoms with van der Waals surface area (Å²) >= 11 is 0. The molecule has 0 aromatic heterocycles. The molecule has 0 aromatic rings. The van der Waals surface area contributed by atoms with Crippen LogP contribution in [0.4, 0.5) is 0 Å². The Balaban J connectivity index is 2.30. The van der Waals surface area contributed by atoms with E-state index >= 15 is 0 Å². The van der Waals surface area contributed by atoms with Gasteiger partial charge in [0.25, 0.3) is 0 Å². The van der Waals surface area contributed by atoms with Crippen LogP contribution in [-0.4, -0.2) is 37.9 Å². The number of esters is 1. The van der Waals surface area contributed by atoms with Crippen LogP contribution in [0.15, 0.2) is 0 Å². The summed E-state index contributed by atoms with van der Waals surface area (Å²) < 4.78 is 10.6. The summed E-state index contributed by atoms with van der Waals surface area (Å²) in [6, 6.07) is -0.168. The van der Waals surface area contributed by atoms with Gasteiger partial charge in [0, 0.05) is 13.2 Å². The summed E-state index contributed by atoms with van der Waals surface area (Å²) in [5.41, 5.74) is 0. The van der Waals surface area contributed by atoms with Crippen molar-refractivity contribution in [2.75, 3.05) is 19.8 Å². The number of hydrogen-bond acceptors (Lipinski definition) is 4. The van der Waals surface area contributed by atoms with Crippen molar-refractivity contribution in [2.45, 2.75) is 58.1 Å². The molecule has 0 amide bonds. The van der Waals surface area contributed by atoms with Crippen LogP contribution in [0.2, 0.25) is 0 Å².